The second-order valence-corrected chi connectivity index (χ2v) is 32.9. The van der Waals surface area contributed by atoms with Crippen LogP contribution in [-0.2, 0) is 18.9 Å². The summed E-state index contributed by atoms with van der Waals surface area (Å²) in [6, 6.07) is 59.6. The van der Waals surface area contributed by atoms with Crippen molar-refractivity contribution >= 4 is 47.1 Å². The molecule has 0 radical (unpaired) electrons. The standard InChI is InChI=1S/4C20H26N4O2.C13H19N/c4*1-15(16-6-3-2-4-7-16)17-8-5-9-24(17)20-21-18(14-19(25)22-20)23-10-12-26-13-11-23;1-10-6-3-4-7-12(10)11(2)13-8-5-9-14-13/h4*2-4,6-7,14-15,17H,5,8-13H2,1H3,(H,21,22,25);3-4,6-7,11,13-14H,5,8-9H2,1-2H3/t15-,17+;2*15-,17-;;/m010../s1. The van der Waals surface area contributed by atoms with Gasteiger partial charge in [0.1, 0.15) is 23.3 Å². The SMILES string of the molecule is CC(c1ccccc1)C1CCCN1c1nc(N2CCOCC2)cc(=O)[nH]1.C[C@@H](c1ccccc1)[C@@H]1CCCN1c1nc(N2CCOCC2)cc(=O)[nH]1.C[C@@H](c1ccccc1)[C@H]1CCCN1c1nc(N2CCOCC2)cc(=O)[nH]1.C[C@H](c1ccccc1)[C@H]1CCCN1c1nc(N2CCOCC2)cc(=O)[nH]1.Cc1ccccc1C(C)C1CCCN1. The summed E-state index contributed by atoms with van der Waals surface area (Å²) < 4.78 is 21.7. The lowest BCUT2D eigenvalue weighted by atomic mass is 9.89. The third kappa shape index (κ3) is 21.6. The number of aromatic amines is 4. The molecule has 118 heavy (non-hydrogen) atoms. The van der Waals surface area contributed by atoms with Crippen molar-refractivity contribution in [1.82, 2.24) is 45.2 Å². The predicted octanol–water partition coefficient (Wildman–Crippen LogP) is 12.4. The first-order valence-corrected chi connectivity index (χ1v) is 43.5. The summed E-state index contributed by atoms with van der Waals surface area (Å²) >= 11 is 0. The lowest BCUT2D eigenvalue weighted by Gasteiger charge is -2.32. The average molecular weight is 1610 g/mol. The van der Waals surface area contributed by atoms with Gasteiger partial charge in [0.2, 0.25) is 23.8 Å². The molecule has 0 spiro atoms. The molecule has 628 valence electrons. The van der Waals surface area contributed by atoms with Gasteiger partial charge < -0.3 is 63.5 Å². The van der Waals surface area contributed by atoms with Gasteiger partial charge in [-0.3, -0.25) is 39.1 Å². The van der Waals surface area contributed by atoms with Gasteiger partial charge in [0.25, 0.3) is 22.2 Å². The van der Waals surface area contributed by atoms with E-state index in [2.05, 4.69) is 227 Å². The highest BCUT2D eigenvalue weighted by Crippen LogP contribution is 2.39. The number of aromatic nitrogens is 8. The van der Waals surface area contributed by atoms with Crippen LogP contribution in [0.1, 0.15) is 162 Å². The van der Waals surface area contributed by atoms with Gasteiger partial charge in [-0.25, -0.2) is 0 Å². The van der Waals surface area contributed by atoms with Gasteiger partial charge in [-0.05, 0) is 117 Å². The summed E-state index contributed by atoms with van der Waals surface area (Å²) in [6.45, 7) is 30.2. The first-order chi connectivity index (χ1) is 57.7. The van der Waals surface area contributed by atoms with Crippen LogP contribution in [-0.4, -0.2) is 208 Å². The van der Waals surface area contributed by atoms with E-state index in [4.69, 9.17) is 38.9 Å². The molecule has 5 aromatic carbocycles. The fraction of sp³-hybridized carbons (Fsp3) is 0.505. The summed E-state index contributed by atoms with van der Waals surface area (Å²) in [4.78, 5) is 97.9. The van der Waals surface area contributed by atoms with E-state index in [0.29, 0.717) is 136 Å². The third-order valence-corrected chi connectivity index (χ3v) is 25.5. The molecular weight excluding hydrogens is 1480 g/mol. The minimum absolute atomic E-state index is 0.0884. The predicted molar refractivity (Wildman–Crippen MR) is 473 cm³/mol. The van der Waals surface area contributed by atoms with Crippen molar-refractivity contribution in [3.63, 3.8) is 0 Å². The van der Waals surface area contributed by atoms with Crippen LogP contribution in [0.4, 0.5) is 47.1 Å². The van der Waals surface area contributed by atoms with Crippen LogP contribution >= 0.6 is 0 Å². The summed E-state index contributed by atoms with van der Waals surface area (Å²) in [7, 11) is 0. The molecule has 0 amide bonds. The van der Waals surface area contributed by atoms with Gasteiger partial charge in [-0.2, -0.15) is 19.9 Å². The van der Waals surface area contributed by atoms with E-state index >= 15 is 0 Å². The molecule has 9 aromatic rings. The van der Waals surface area contributed by atoms with Crippen molar-refractivity contribution in [3.8, 4) is 0 Å². The molecule has 9 aliphatic heterocycles. The molecule has 25 heteroatoms. The van der Waals surface area contributed by atoms with Crippen LogP contribution in [0, 0.1) is 6.92 Å². The van der Waals surface area contributed by atoms with Gasteiger partial charge >= 0.3 is 0 Å². The minimum Gasteiger partial charge on any atom is -0.378 e. The van der Waals surface area contributed by atoms with Gasteiger partial charge in [0.05, 0.1) is 52.9 Å². The first kappa shape index (κ1) is 84.3. The third-order valence-electron chi connectivity index (χ3n) is 25.5. The molecule has 0 saturated carbocycles. The van der Waals surface area contributed by atoms with Crippen LogP contribution in [0.25, 0.3) is 0 Å². The van der Waals surface area contributed by atoms with Crippen molar-refractivity contribution in [2.75, 3.05) is 177 Å². The molecule has 4 unspecified atom stereocenters. The summed E-state index contributed by atoms with van der Waals surface area (Å²) in [6.07, 6.45) is 11.6. The Balaban J connectivity index is 0.000000123. The van der Waals surface area contributed by atoms with Crippen LogP contribution < -0.4 is 66.8 Å². The van der Waals surface area contributed by atoms with Gasteiger partial charge in [0.15, 0.2) is 0 Å². The number of H-pyrrole nitrogens is 4. The summed E-state index contributed by atoms with van der Waals surface area (Å²) in [5, 5.41) is 3.58. The molecule has 0 aliphatic carbocycles. The zero-order chi connectivity index (χ0) is 81.7. The van der Waals surface area contributed by atoms with Crippen molar-refractivity contribution in [1.29, 1.82) is 0 Å². The Morgan fingerprint density at radius 1 is 0.314 bits per heavy atom. The Bertz CT molecular complexity index is 4280. The maximum atomic E-state index is 12.3. The number of nitrogens with zero attached hydrogens (tertiary/aromatic N) is 12. The second kappa shape index (κ2) is 41.5. The van der Waals surface area contributed by atoms with E-state index in [1.807, 2.05) is 24.3 Å². The Labute approximate surface area is 694 Å². The molecule has 18 rings (SSSR count). The average Bonchev–Trinajstić information content (AvgIpc) is 1.54. The Hall–Kier alpha value is -10.2. The number of benzene rings is 5. The molecular formula is C93H123N17O8. The maximum Gasteiger partial charge on any atom is 0.254 e. The monoisotopic (exact) mass is 1610 g/mol. The lowest BCUT2D eigenvalue weighted by molar-refractivity contribution is 0.122. The Morgan fingerprint density at radius 2 is 0.568 bits per heavy atom. The van der Waals surface area contributed by atoms with E-state index in [9.17, 15) is 19.2 Å². The molecule has 5 N–H and O–H groups in total. The van der Waals surface area contributed by atoms with Gasteiger partial charge in [-0.1, -0.05) is 180 Å². The Morgan fingerprint density at radius 3 is 0.814 bits per heavy atom. The van der Waals surface area contributed by atoms with E-state index in [1.54, 1.807) is 24.3 Å². The number of ether oxygens (including phenoxy) is 4. The highest BCUT2D eigenvalue weighted by Gasteiger charge is 2.37. The molecule has 9 fully saturated rings. The molecule has 9 saturated heterocycles. The lowest BCUT2D eigenvalue weighted by Crippen LogP contribution is -2.39. The second-order valence-electron chi connectivity index (χ2n) is 32.9. The number of nitrogens with one attached hydrogen (secondary N) is 5. The number of rotatable bonds is 18. The van der Waals surface area contributed by atoms with Crippen molar-refractivity contribution < 1.29 is 18.9 Å². The van der Waals surface area contributed by atoms with Gasteiger partial charge in [0, 0.05) is 157 Å². The number of aryl methyl sites for hydroxylation is 1. The number of hydrogen-bond acceptors (Lipinski definition) is 21. The normalized spacial score (nSPS) is 22.0. The summed E-state index contributed by atoms with van der Waals surface area (Å²) in [5.74, 6) is 8.00. The molecule has 10 atom stereocenters. The van der Waals surface area contributed by atoms with Gasteiger partial charge in [-0.15, -0.1) is 0 Å². The quantitative estimate of drug-likeness (QED) is 0.0535. The fourth-order valence-electron chi connectivity index (χ4n) is 18.8. The van der Waals surface area contributed by atoms with E-state index < -0.39 is 0 Å². The number of anilines is 8. The van der Waals surface area contributed by atoms with Crippen LogP contribution in [0.2, 0.25) is 0 Å². The summed E-state index contributed by atoms with van der Waals surface area (Å²) in [5.41, 5.74) is 7.90. The first-order valence-electron chi connectivity index (χ1n) is 43.5. The van der Waals surface area contributed by atoms with Crippen LogP contribution in [0.5, 0.6) is 0 Å². The highest BCUT2D eigenvalue weighted by molar-refractivity contribution is 5.51. The molecule has 9 aliphatic rings. The van der Waals surface area contributed by atoms with Crippen LogP contribution in [0.3, 0.4) is 0 Å². The zero-order valence-electron chi connectivity index (χ0n) is 70.0. The molecule has 0 bridgehead atoms. The smallest absolute Gasteiger partial charge is 0.254 e. The zero-order valence-corrected chi connectivity index (χ0v) is 70.0. The molecule has 13 heterocycles. The van der Waals surface area contributed by atoms with Crippen molar-refractivity contribution in [3.05, 3.63) is 245 Å². The fourth-order valence-corrected chi connectivity index (χ4v) is 18.8. The van der Waals surface area contributed by atoms with E-state index in [0.717, 1.165) is 153 Å². The molecule has 4 aromatic heterocycles. The minimum atomic E-state index is -0.0884. The van der Waals surface area contributed by atoms with Crippen LogP contribution in [0.15, 0.2) is 189 Å². The topological polar surface area (TPSA) is 258 Å². The number of hydrogen-bond donors (Lipinski definition) is 5. The van der Waals surface area contributed by atoms with Crippen molar-refractivity contribution in [2.45, 2.75) is 166 Å². The molecule has 25 nitrogen and oxygen atoms in total. The maximum absolute atomic E-state index is 12.3. The largest absolute Gasteiger partial charge is 0.378 e. The van der Waals surface area contributed by atoms with E-state index in [-0.39, 0.29) is 22.2 Å². The number of morpholine rings is 4. The Kier molecular flexibility index (Phi) is 29.6. The van der Waals surface area contributed by atoms with E-state index in [1.165, 1.54) is 52.8 Å². The van der Waals surface area contributed by atoms with Crippen molar-refractivity contribution in [2.24, 2.45) is 0 Å². The highest BCUT2D eigenvalue weighted by atomic mass is 16.5.